The van der Waals surface area contributed by atoms with Crippen molar-refractivity contribution in [2.24, 2.45) is 0 Å². The Hall–Kier alpha value is -3.12. The van der Waals surface area contributed by atoms with Crippen LogP contribution in [-0.2, 0) is 11.3 Å². The Morgan fingerprint density at radius 1 is 1.24 bits per heavy atom. The first-order valence-corrected chi connectivity index (χ1v) is 9.88. The number of nitrogens with zero attached hydrogens (tertiary/aromatic N) is 2. The number of ether oxygens (including phenoxy) is 2. The zero-order valence-corrected chi connectivity index (χ0v) is 16.5. The summed E-state index contributed by atoms with van der Waals surface area (Å²) in [6.45, 7) is 1.88. The van der Waals surface area contributed by atoms with E-state index in [0.717, 1.165) is 36.3 Å². The average Bonchev–Trinajstić information content (AvgIpc) is 3.43. The van der Waals surface area contributed by atoms with E-state index < -0.39 is 0 Å². The molecule has 2 heterocycles. The summed E-state index contributed by atoms with van der Waals surface area (Å²) in [5.74, 6) is 0.587. The van der Waals surface area contributed by atoms with E-state index in [1.54, 1.807) is 7.11 Å². The molecule has 0 saturated carbocycles. The molecule has 1 saturated heterocycles. The zero-order chi connectivity index (χ0) is 20.1. The number of methoxy groups -OCH3 is 1. The van der Waals surface area contributed by atoms with Crippen LogP contribution < -0.4 is 10.1 Å². The molecule has 4 rings (SSSR count). The number of carbonyl (C=O) groups excluding carboxylic acids is 1. The van der Waals surface area contributed by atoms with Gasteiger partial charge in [-0.15, -0.1) is 0 Å². The molecule has 1 aliphatic heterocycles. The molecule has 0 unspecified atom stereocenters. The summed E-state index contributed by atoms with van der Waals surface area (Å²) < 4.78 is 12.8. The van der Waals surface area contributed by atoms with Crippen LogP contribution in [0.15, 0.2) is 60.8 Å². The van der Waals surface area contributed by atoms with Gasteiger partial charge >= 0.3 is 0 Å². The topological polar surface area (TPSA) is 65.4 Å². The first-order chi connectivity index (χ1) is 14.2. The maximum absolute atomic E-state index is 13.0. The van der Waals surface area contributed by atoms with Gasteiger partial charge in [0.2, 0.25) is 0 Å². The molecule has 0 spiro atoms. The van der Waals surface area contributed by atoms with E-state index in [9.17, 15) is 4.79 Å². The van der Waals surface area contributed by atoms with Gasteiger partial charge in [0.25, 0.3) is 5.91 Å². The fourth-order valence-corrected chi connectivity index (χ4v) is 3.53. The van der Waals surface area contributed by atoms with E-state index >= 15 is 0 Å². The molecule has 1 N–H and O–H groups in total. The van der Waals surface area contributed by atoms with E-state index in [4.69, 9.17) is 14.6 Å². The lowest BCUT2D eigenvalue weighted by Crippen LogP contribution is -2.31. The molecule has 0 aliphatic carbocycles. The smallest absolute Gasteiger partial charge is 0.255 e. The summed E-state index contributed by atoms with van der Waals surface area (Å²) in [6.07, 6.45) is 3.94. The van der Waals surface area contributed by atoms with Crippen molar-refractivity contribution in [1.29, 1.82) is 0 Å². The Morgan fingerprint density at radius 3 is 2.86 bits per heavy atom. The highest BCUT2D eigenvalue weighted by Gasteiger charge is 2.21. The molecule has 6 nitrogen and oxygen atoms in total. The van der Waals surface area contributed by atoms with Gasteiger partial charge in [-0.05, 0) is 30.5 Å². The molecular formula is C23H25N3O3. The molecule has 150 valence electrons. The van der Waals surface area contributed by atoms with Crippen LogP contribution in [0.1, 0.15) is 28.8 Å². The summed E-state index contributed by atoms with van der Waals surface area (Å²) in [7, 11) is 1.63. The highest BCUT2D eigenvalue weighted by molar-refractivity contribution is 5.99. The van der Waals surface area contributed by atoms with Gasteiger partial charge in [0.1, 0.15) is 11.4 Å². The van der Waals surface area contributed by atoms with Crippen LogP contribution in [0.25, 0.3) is 11.3 Å². The van der Waals surface area contributed by atoms with Crippen LogP contribution in [0, 0.1) is 0 Å². The Labute approximate surface area is 170 Å². The van der Waals surface area contributed by atoms with Gasteiger partial charge in [0.05, 0.1) is 25.3 Å². The summed E-state index contributed by atoms with van der Waals surface area (Å²) >= 11 is 0. The first-order valence-electron chi connectivity index (χ1n) is 9.88. The molecule has 1 aliphatic rings. The molecule has 1 fully saturated rings. The number of carbonyl (C=O) groups is 1. The van der Waals surface area contributed by atoms with Crippen LogP contribution in [-0.4, -0.2) is 42.1 Å². The largest absolute Gasteiger partial charge is 0.497 e. The molecule has 2 aromatic carbocycles. The molecule has 1 amide bonds. The van der Waals surface area contributed by atoms with Gasteiger partial charge in [0, 0.05) is 24.9 Å². The van der Waals surface area contributed by atoms with E-state index in [0.29, 0.717) is 24.3 Å². The van der Waals surface area contributed by atoms with Gasteiger partial charge in [-0.25, -0.2) is 0 Å². The fourth-order valence-electron chi connectivity index (χ4n) is 3.53. The number of amides is 1. The number of nitrogens with one attached hydrogen (secondary N) is 1. The van der Waals surface area contributed by atoms with Gasteiger partial charge in [-0.1, -0.05) is 42.5 Å². The Kier molecular flexibility index (Phi) is 5.91. The minimum Gasteiger partial charge on any atom is -0.497 e. The predicted molar refractivity (Wildman–Crippen MR) is 111 cm³/mol. The third-order valence-electron chi connectivity index (χ3n) is 5.05. The molecule has 0 radical (unpaired) electrons. The molecule has 1 atom stereocenters. The normalized spacial score (nSPS) is 16.0. The molecule has 0 bridgehead atoms. The highest BCUT2D eigenvalue weighted by Crippen LogP contribution is 2.26. The SMILES string of the molecule is COc1cccc(-c2nn(Cc3ccccc3)cc2C(=O)NC[C@H]2CCCO2)c1. The van der Waals surface area contributed by atoms with Gasteiger partial charge in [-0.2, -0.15) is 5.10 Å². The van der Waals surface area contributed by atoms with Crippen LogP contribution in [0.5, 0.6) is 5.75 Å². The number of hydrogen-bond acceptors (Lipinski definition) is 4. The summed E-state index contributed by atoms with van der Waals surface area (Å²) in [5, 5.41) is 7.73. The minimum absolute atomic E-state index is 0.0959. The lowest BCUT2D eigenvalue weighted by molar-refractivity contribution is 0.0858. The Morgan fingerprint density at radius 2 is 2.10 bits per heavy atom. The Balaban J connectivity index is 1.62. The number of benzene rings is 2. The third kappa shape index (κ3) is 4.66. The van der Waals surface area contributed by atoms with Crippen molar-refractivity contribution in [3.63, 3.8) is 0 Å². The van der Waals surface area contributed by atoms with Crippen molar-refractivity contribution >= 4 is 5.91 Å². The number of hydrogen-bond donors (Lipinski definition) is 1. The van der Waals surface area contributed by atoms with E-state index in [1.165, 1.54) is 0 Å². The highest BCUT2D eigenvalue weighted by atomic mass is 16.5. The Bertz CT molecular complexity index is 963. The zero-order valence-electron chi connectivity index (χ0n) is 16.5. The second kappa shape index (κ2) is 8.92. The second-order valence-corrected chi connectivity index (χ2v) is 7.15. The third-order valence-corrected chi connectivity index (χ3v) is 5.05. The molecular weight excluding hydrogens is 366 g/mol. The van der Waals surface area contributed by atoms with Crippen LogP contribution in [0.2, 0.25) is 0 Å². The van der Waals surface area contributed by atoms with Crippen LogP contribution in [0.4, 0.5) is 0 Å². The molecule has 29 heavy (non-hydrogen) atoms. The summed E-state index contributed by atoms with van der Waals surface area (Å²) in [4.78, 5) is 13.0. The minimum atomic E-state index is -0.141. The maximum atomic E-state index is 13.0. The monoisotopic (exact) mass is 391 g/mol. The number of rotatable bonds is 7. The van der Waals surface area contributed by atoms with Gasteiger partial charge in [0.15, 0.2) is 0 Å². The lowest BCUT2D eigenvalue weighted by Gasteiger charge is -2.10. The lowest BCUT2D eigenvalue weighted by atomic mass is 10.1. The summed E-state index contributed by atoms with van der Waals surface area (Å²) in [6, 6.07) is 17.7. The van der Waals surface area contributed by atoms with E-state index in [1.807, 2.05) is 65.5 Å². The van der Waals surface area contributed by atoms with Crippen molar-refractivity contribution in [2.75, 3.05) is 20.3 Å². The van der Waals surface area contributed by atoms with Crippen molar-refractivity contribution in [2.45, 2.75) is 25.5 Å². The van der Waals surface area contributed by atoms with E-state index in [-0.39, 0.29) is 12.0 Å². The van der Waals surface area contributed by atoms with Gasteiger partial charge < -0.3 is 14.8 Å². The molecule has 3 aromatic rings. The first kappa shape index (κ1) is 19.2. The van der Waals surface area contributed by atoms with Crippen LogP contribution >= 0.6 is 0 Å². The fraction of sp³-hybridized carbons (Fsp3) is 0.304. The second-order valence-electron chi connectivity index (χ2n) is 7.15. The quantitative estimate of drug-likeness (QED) is 0.669. The average molecular weight is 391 g/mol. The van der Waals surface area contributed by atoms with Crippen LogP contribution in [0.3, 0.4) is 0 Å². The van der Waals surface area contributed by atoms with Crippen molar-refractivity contribution in [3.8, 4) is 17.0 Å². The van der Waals surface area contributed by atoms with Crippen molar-refractivity contribution < 1.29 is 14.3 Å². The summed E-state index contributed by atoms with van der Waals surface area (Å²) in [5.41, 5.74) is 3.16. The van der Waals surface area contributed by atoms with Gasteiger partial charge in [-0.3, -0.25) is 9.48 Å². The predicted octanol–water partition coefficient (Wildman–Crippen LogP) is 3.52. The molecule has 1 aromatic heterocycles. The standard InChI is InChI=1S/C23H25N3O3/c1-28-19-10-5-9-18(13-19)22-21(23(27)24-14-20-11-6-12-29-20)16-26(25-22)15-17-7-3-2-4-8-17/h2-5,7-10,13,16,20H,6,11-12,14-15H2,1H3,(H,24,27)/t20-/m1/s1. The molecule has 6 heteroatoms. The number of aromatic nitrogens is 2. The van der Waals surface area contributed by atoms with Crippen molar-refractivity contribution in [1.82, 2.24) is 15.1 Å². The van der Waals surface area contributed by atoms with Crippen molar-refractivity contribution in [3.05, 3.63) is 71.9 Å². The maximum Gasteiger partial charge on any atom is 0.255 e. The van der Waals surface area contributed by atoms with E-state index in [2.05, 4.69) is 5.32 Å².